The number of alkyl halides is 3. The molecular formula is C67H83F3N10O15. The van der Waals surface area contributed by atoms with E-state index in [9.17, 15) is 56.3 Å². The Hall–Kier alpha value is -8.76. The summed E-state index contributed by atoms with van der Waals surface area (Å²) in [6, 6.07) is 13.1. The molecule has 2 amide bonds. The lowest BCUT2D eigenvalue weighted by Gasteiger charge is -2.15. The molecule has 6 heterocycles. The number of ketones is 1. The molecule has 0 saturated carbocycles. The highest BCUT2D eigenvalue weighted by Crippen LogP contribution is 2.31. The second kappa shape index (κ2) is 39.2. The lowest BCUT2D eigenvalue weighted by molar-refractivity contribution is -0.171. The van der Waals surface area contributed by atoms with E-state index in [1.165, 1.54) is 50.4 Å². The Morgan fingerprint density at radius 2 is 0.874 bits per heavy atom. The van der Waals surface area contributed by atoms with E-state index in [4.69, 9.17) is 39.9 Å². The fourth-order valence-corrected chi connectivity index (χ4v) is 9.95. The fourth-order valence-electron chi connectivity index (χ4n) is 9.95. The summed E-state index contributed by atoms with van der Waals surface area (Å²) in [5.74, 6) is 14.7. The number of aromatic amines is 3. The molecule has 0 unspecified atom stereocenters. The van der Waals surface area contributed by atoms with E-state index >= 15 is 0 Å². The topological polar surface area (TPSA) is 347 Å². The van der Waals surface area contributed by atoms with Gasteiger partial charge in [0.1, 0.15) is 38.5 Å². The first-order valence-electron chi connectivity index (χ1n) is 31.6. The van der Waals surface area contributed by atoms with E-state index in [-0.39, 0.29) is 101 Å². The van der Waals surface area contributed by atoms with Crippen molar-refractivity contribution < 1.29 is 56.0 Å². The number of hydrogen-bond acceptors (Lipinski definition) is 17. The van der Waals surface area contributed by atoms with Gasteiger partial charge < -0.3 is 50.5 Å². The summed E-state index contributed by atoms with van der Waals surface area (Å²) in [5.41, 5.74) is 11.6. The lowest BCUT2D eigenvalue weighted by Crippen LogP contribution is -2.34. The van der Waals surface area contributed by atoms with Crippen molar-refractivity contribution >= 4 is 17.6 Å². The van der Waals surface area contributed by atoms with Crippen LogP contribution in [0.5, 0.6) is 0 Å². The Morgan fingerprint density at radius 3 is 1.19 bits per heavy atom. The van der Waals surface area contributed by atoms with Gasteiger partial charge in [0, 0.05) is 98.3 Å². The number of hydrogen-bond donors (Lipinski definition) is 7. The number of nitrogens with two attached hydrogens (primary N) is 2. The van der Waals surface area contributed by atoms with Gasteiger partial charge >= 0.3 is 23.2 Å². The summed E-state index contributed by atoms with van der Waals surface area (Å²) in [6.45, 7) is 9.01. The van der Waals surface area contributed by atoms with Gasteiger partial charge in [-0.05, 0) is 99.6 Å². The number of aromatic nitrogens is 6. The molecule has 8 rings (SSSR count). The molecule has 0 radical (unpaired) electrons. The van der Waals surface area contributed by atoms with E-state index in [2.05, 4.69) is 68.0 Å². The van der Waals surface area contributed by atoms with Crippen LogP contribution in [0.15, 0.2) is 95.9 Å². The van der Waals surface area contributed by atoms with Crippen LogP contribution in [0, 0.1) is 35.5 Å². The first kappa shape index (κ1) is 75.3. The van der Waals surface area contributed by atoms with Crippen molar-refractivity contribution in [3.05, 3.63) is 169 Å². The van der Waals surface area contributed by atoms with Crippen LogP contribution in [-0.2, 0) is 65.4 Å². The number of ether oxygens (including phenoxy) is 6. The molecule has 512 valence electrons. The van der Waals surface area contributed by atoms with Gasteiger partial charge in [0.2, 0.25) is 5.78 Å². The molecule has 0 aliphatic carbocycles. The number of rotatable bonds is 26. The summed E-state index contributed by atoms with van der Waals surface area (Å²) in [4.78, 5) is 115. The third kappa shape index (κ3) is 24.5. The SMILES string of the molecule is CC[C@@H]1CC[C@H](n2cc(CC#CCOCCN)c(=O)[nH]c2=O)O1.CC[C@@H]1CC[C@H](n2cc(CC#CCOCCNC(=O)c3ccc(CCC(=O)C(F)(F)F)cc3)c(=O)[nH]c2=O)O1.CC[C@@H]1CC[C@H](n2cc(CC#CCOCCNC(=O)c3ccc(CN)cc3)c(=O)[nH]c2=O)O1. The summed E-state index contributed by atoms with van der Waals surface area (Å²) in [7, 11) is 0. The average Bonchev–Trinajstić information content (AvgIpc) is 1.82. The molecule has 95 heavy (non-hydrogen) atoms. The number of aryl methyl sites for hydroxylation is 1. The number of carbonyl (C=O) groups excluding carboxylic acids is 3. The number of H-pyrrole nitrogens is 3. The summed E-state index contributed by atoms with van der Waals surface area (Å²) in [6.07, 6.45) is 6.42. The normalized spacial score (nSPS) is 17.9. The van der Waals surface area contributed by atoms with Gasteiger partial charge in [-0.2, -0.15) is 13.2 Å². The standard InChI is InChI=1S/C27H30F3N3O6.C24H30N4O5.C16H23N3O4/c1-2-21-11-13-23(39-21)33-17-20(25(36)32-26(33)37)5-3-4-15-38-16-14-31-24(35)19-9-6-18(7-10-19)8-12-22(34)27(28,29)30;1-2-20-10-11-21(33-20)28-16-19(23(30)27-24(28)31)5-3-4-13-32-14-12-26-22(29)18-8-6-17(15-25)7-9-18;1-2-13-6-7-14(23-13)19-11-12(15(20)18-16(19)21)5-3-4-9-22-10-8-17/h6-7,9-10,17,21,23H,2,5,8,11-16H2,1H3,(H,31,35)(H,32,36,37);6-9,16,20-21H,2,5,10-15,25H2,1H3,(H,26,29)(H,27,30,31);11,13-14H,2,5-10,17H2,1H3,(H,18,20,21)/t21-,23-;20-,21-;13-,14-/m111/s1. The number of amides is 2. The van der Waals surface area contributed by atoms with Gasteiger partial charge in [0.05, 0.1) is 38.1 Å². The molecule has 25 nitrogen and oxygen atoms in total. The predicted molar refractivity (Wildman–Crippen MR) is 345 cm³/mol. The third-order valence-corrected chi connectivity index (χ3v) is 15.4. The smallest absolute Gasteiger partial charge is 0.367 e. The minimum atomic E-state index is -4.84. The predicted octanol–water partition coefficient (Wildman–Crippen LogP) is 3.90. The quantitative estimate of drug-likeness (QED) is 0.0305. The van der Waals surface area contributed by atoms with Gasteiger partial charge in [0.25, 0.3) is 28.5 Å². The van der Waals surface area contributed by atoms with E-state index in [0.29, 0.717) is 72.6 Å². The summed E-state index contributed by atoms with van der Waals surface area (Å²) >= 11 is 0. The van der Waals surface area contributed by atoms with Gasteiger partial charge in [0.15, 0.2) is 0 Å². The zero-order valence-electron chi connectivity index (χ0n) is 53.5. The molecule has 6 atom stereocenters. The molecule has 2 aromatic carbocycles. The molecular weight excluding hydrogens is 1240 g/mol. The second-order valence-corrected chi connectivity index (χ2v) is 22.1. The van der Waals surface area contributed by atoms with Crippen molar-refractivity contribution in [2.45, 2.75) is 160 Å². The third-order valence-electron chi connectivity index (χ3n) is 15.4. The molecule has 5 aromatic rings. The number of halogens is 3. The van der Waals surface area contributed by atoms with E-state index in [0.717, 1.165) is 56.9 Å². The number of Topliss-reactive ketones (excluding diaryl/α,β-unsaturated/α-hetero) is 1. The fraction of sp³-hybridized carbons (Fsp3) is 0.507. The highest BCUT2D eigenvalue weighted by Gasteiger charge is 2.37. The molecule has 3 aliphatic heterocycles. The van der Waals surface area contributed by atoms with Gasteiger partial charge in [-0.15, -0.1) is 0 Å². The first-order valence-corrected chi connectivity index (χ1v) is 31.6. The van der Waals surface area contributed by atoms with Crippen molar-refractivity contribution in [2.75, 3.05) is 59.3 Å². The molecule has 3 fully saturated rings. The first-order chi connectivity index (χ1) is 45.7. The van der Waals surface area contributed by atoms with Crippen LogP contribution in [0.1, 0.15) is 152 Å². The molecule has 9 N–H and O–H groups in total. The maximum atomic E-state index is 12.3. The number of nitrogens with one attached hydrogen (secondary N) is 5. The average molecular weight is 1330 g/mol. The minimum Gasteiger partial charge on any atom is -0.367 e. The van der Waals surface area contributed by atoms with E-state index in [1.807, 2.05) is 26.0 Å². The van der Waals surface area contributed by atoms with Crippen LogP contribution in [0.25, 0.3) is 0 Å². The Morgan fingerprint density at radius 1 is 0.526 bits per heavy atom. The zero-order valence-corrected chi connectivity index (χ0v) is 53.5. The molecule has 0 spiro atoms. The van der Waals surface area contributed by atoms with Crippen LogP contribution in [-0.4, -0.2) is 130 Å². The van der Waals surface area contributed by atoms with Crippen LogP contribution >= 0.6 is 0 Å². The molecule has 3 aromatic heterocycles. The maximum Gasteiger partial charge on any atom is 0.449 e. The Kier molecular flexibility index (Phi) is 31.0. The number of carbonyl (C=O) groups is 3. The second-order valence-electron chi connectivity index (χ2n) is 22.1. The van der Waals surface area contributed by atoms with E-state index in [1.54, 1.807) is 18.3 Å². The van der Waals surface area contributed by atoms with E-state index < -0.39 is 58.4 Å². The monoisotopic (exact) mass is 1320 g/mol. The molecule has 3 aliphatic rings. The van der Waals surface area contributed by atoms with Gasteiger partial charge in [-0.25, -0.2) is 14.4 Å². The highest BCUT2D eigenvalue weighted by atomic mass is 19.4. The van der Waals surface area contributed by atoms with Crippen LogP contribution in [0.3, 0.4) is 0 Å². The van der Waals surface area contributed by atoms with Crippen LogP contribution in [0.2, 0.25) is 0 Å². The Balaban J connectivity index is 0.000000233. The molecule has 0 bridgehead atoms. The molecule has 28 heteroatoms. The van der Waals surface area contributed by atoms with Crippen molar-refractivity contribution in [3.8, 4) is 35.5 Å². The Bertz CT molecular complexity index is 3900. The maximum absolute atomic E-state index is 12.3. The zero-order chi connectivity index (χ0) is 68.7. The van der Waals surface area contributed by atoms with Crippen molar-refractivity contribution in [1.82, 2.24) is 39.3 Å². The van der Waals surface area contributed by atoms with Crippen molar-refractivity contribution in [2.24, 2.45) is 11.5 Å². The summed E-state index contributed by atoms with van der Waals surface area (Å²) in [5, 5.41) is 5.43. The highest BCUT2D eigenvalue weighted by molar-refractivity contribution is 5.94. The number of nitrogens with zero attached hydrogens (tertiary/aromatic N) is 3. The minimum absolute atomic E-state index is 0.0677. The largest absolute Gasteiger partial charge is 0.449 e. The Labute approximate surface area is 546 Å². The molecule has 3 saturated heterocycles. The summed E-state index contributed by atoms with van der Waals surface area (Å²) < 4.78 is 74.6. The van der Waals surface area contributed by atoms with Gasteiger partial charge in [-0.3, -0.25) is 57.4 Å². The number of benzene rings is 2. The van der Waals surface area contributed by atoms with Crippen molar-refractivity contribution in [1.29, 1.82) is 0 Å². The van der Waals surface area contributed by atoms with Gasteiger partial charge in [-0.1, -0.05) is 80.6 Å². The van der Waals surface area contributed by atoms with Crippen LogP contribution < -0.4 is 55.8 Å². The lowest BCUT2D eigenvalue weighted by atomic mass is 10.1. The van der Waals surface area contributed by atoms with Crippen LogP contribution in [0.4, 0.5) is 13.2 Å². The van der Waals surface area contributed by atoms with Crippen molar-refractivity contribution in [3.63, 3.8) is 0 Å².